The minimum Gasteiger partial charge on any atom is -0.292 e. The minimum absolute atomic E-state index is 0.335. The molecule has 0 saturated heterocycles. The summed E-state index contributed by atoms with van der Waals surface area (Å²) in [5.74, 6) is 2.07. The molecule has 0 aliphatic carbocycles. The Balaban J connectivity index is 1.62. The number of thiophene rings is 1. The lowest BCUT2D eigenvalue weighted by Gasteiger charge is -2.25. The van der Waals surface area contributed by atoms with Gasteiger partial charge in [-0.25, -0.2) is 9.97 Å². The van der Waals surface area contributed by atoms with Crippen LogP contribution >= 0.6 is 11.3 Å². The molecule has 0 unspecified atom stereocenters. The Morgan fingerprint density at radius 2 is 1.41 bits per heavy atom. The van der Waals surface area contributed by atoms with Crippen LogP contribution in [0.5, 0.6) is 0 Å². The number of imidazole rings is 1. The standard InChI is InChI=1S/C37H35N3S/c1-21(2)29-20-24-12-7-8-13-25(24)33(23(5)6)34(29)40-32-17-10-9-16-31(32)38-36(40)28-15-11-14-26-27-18-19-30(22(3)4)39-37(27)41-35(26)28/h7-23H,1-6H3. The van der Waals surface area contributed by atoms with Gasteiger partial charge in [-0.3, -0.25) is 4.57 Å². The van der Waals surface area contributed by atoms with Gasteiger partial charge in [0.05, 0.1) is 16.7 Å². The van der Waals surface area contributed by atoms with Gasteiger partial charge in [0.25, 0.3) is 0 Å². The van der Waals surface area contributed by atoms with Crippen LogP contribution in [-0.2, 0) is 0 Å². The van der Waals surface area contributed by atoms with Crippen LogP contribution in [0.4, 0.5) is 0 Å². The second-order valence-corrected chi connectivity index (χ2v) is 13.0. The van der Waals surface area contributed by atoms with Gasteiger partial charge in [0.1, 0.15) is 10.7 Å². The van der Waals surface area contributed by atoms with Crippen LogP contribution < -0.4 is 0 Å². The van der Waals surface area contributed by atoms with Crippen molar-refractivity contribution in [2.24, 2.45) is 0 Å². The van der Waals surface area contributed by atoms with E-state index in [2.05, 4.69) is 131 Å². The van der Waals surface area contributed by atoms with Crippen molar-refractivity contribution in [3.63, 3.8) is 0 Å². The molecule has 0 bridgehead atoms. The molecule has 7 rings (SSSR count). The van der Waals surface area contributed by atoms with Crippen LogP contribution in [-0.4, -0.2) is 14.5 Å². The van der Waals surface area contributed by atoms with Crippen LogP contribution in [0, 0.1) is 0 Å². The fourth-order valence-electron chi connectivity index (χ4n) is 6.29. The van der Waals surface area contributed by atoms with E-state index in [0.717, 1.165) is 32.9 Å². The molecule has 41 heavy (non-hydrogen) atoms. The molecule has 0 fully saturated rings. The van der Waals surface area contributed by atoms with Gasteiger partial charge in [0, 0.05) is 26.7 Å². The molecule has 3 nitrogen and oxygen atoms in total. The summed E-state index contributed by atoms with van der Waals surface area (Å²) in [6, 6.07) is 30.9. The number of benzene rings is 4. The molecule has 7 aromatic rings. The first-order chi connectivity index (χ1) is 19.8. The number of aromatic nitrogens is 3. The molecule has 0 saturated carbocycles. The highest BCUT2D eigenvalue weighted by molar-refractivity contribution is 7.26. The van der Waals surface area contributed by atoms with Crippen molar-refractivity contribution >= 4 is 53.4 Å². The van der Waals surface area contributed by atoms with Crippen molar-refractivity contribution in [2.45, 2.75) is 59.3 Å². The number of fused-ring (bicyclic) bond motifs is 5. The van der Waals surface area contributed by atoms with Gasteiger partial charge < -0.3 is 0 Å². The first kappa shape index (κ1) is 25.9. The first-order valence-electron chi connectivity index (χ1n) is 14.7. The largest absolute Gasteiger partial charge is 0.292 e. The molecule has 3 heterocycles. The lowest BCUT2D eigenvalue weighted by Crippen LogP contribution is -2.09. The maximum absolute atomic E-state index is 5.36. The Morgan fingerprint density at radius 1 is 0.659 bits per heavy atom. The summed E-state index contributed by atoms with van der Waals surface area (Å²) in [7, 11) is 0. The smallest absolute Gasteiger partial charge is 0.147 e. The average Bonchev–Trinajstić information content (AvgIpc) is 3.54. The molecule has 4 heteroatoms. The highest BCUT2D eigenvalue weighted by Crippen LogP contribution is 2.44. The fourth-order valence-corrected chi connectivity index (χ4v) is 7.47. The van der Waals surface area contributed by atoms with Crippen molar-refractivity contribution in [3.05, 3.63) is 102 Å². The summed E-state index contributed by atoms with van der Waals surface area (Å²) in [5.41, 5.74) is 8.45. The van der Waals surface area contributed by atoms with Crippen LogP contribution in [0.2, 0.25) is 0 Å². The van der Waals surface area contributed by atoms with E-state index < -0.39 is 0 Å². The van der Waals surface area contributed by atoms with Crippen molar-refractivity contribution in [1.82, 2.24) is 14.5 Å². The van der Waals surface area contributed by atoms with Crippen LogP contribution in [0.1, 0.15) is 76.1 Å². The number of nitrogens with zero attached hydrogens (tertiary/aromatic N) is 3. The van der Waals surface area contributed by atoms with E-state index in [1.807, 2.05) is 0 Å². The maximum atomic E-state index is 5.36. The summed E-state index contributed by atoms with van der Waals surface area (Å²) in [4.78, 5) is 11.5. The topological polar surface area (TPSA) is 30.7 Å². The Kier molecular flexibility index (Phi) is 6.20. The fraction of sp³-hybridized carbons (Fsp3) is 0.243. The minimum atomic E-state index is 0.335. The number of para-hydroxylation sites is 2. The van der Waals surface area contributed by atoms with Crippen LogP contribution in [0.3, 0.4) is 0 Å². The van der Waals surface area contributed by atoms with Crippen molar-refractivity contribution in [1.29, 1.82) is 0 Å². The third kappa shape index (κ3) is 4.07. The molecule has 0 spiro atoms. The van der Waals surface area contributed by atoms with Crippen molar-refractivity contribution < 1.29 is 0 Å². The third-order valence-electron chi connectivity index (χ3n) is 8.29. The number of hydrogen-bond acceptors (Lipinski definition) is 3. The van der Waals surface area contributed by atoms with Gasteiger partial charge >= 0.3 is 0 Å². The molecule has 0 amide bonds. The monoisotopic (exact) mass is 553 g/mol. The van der Waals surface area contributed by atoms with Crippen LogP contribution in [0.15, 0.2) is 84.9 Å². The van der Waals surface area contributed by atoms with E-state index in [1.54, 1.807) is 11.3 Å². The summed E-state index contributed by atoms with van der Waals surface area (Å²) in [6.45, 7) is 13.7. The van der Waals surface area contributed by atoms with Gasteiger partial charge in [0.15, 0.2) is 0 Å². The lowest BCUT2D eigenvalue weighted by molar-refractivity contribution is 0.819. The molecule has 204 valence electrons. The zero-order valence-corrected chi connectivity index (χ0v) is 25.4. The van der Waals surface area contributed by atoms with Gasteiger partial charge in [-0.15, -0.1) is 11.3 Å². The summed E-state index contributed by atoms with van der Waals surface area (Å²) in [6.07, 6.45) is 0. The molecule has 0 N–H and O–H groups in total. The Hall–Kier alpha value is -4.02. The maximum Gasteiger partial charge on any atom is 0.147 e. The average molecular weight is 554 g/mol. The quantitative estimate of drug-likeness (QED) is 0.212. The van der Waals surface area contributed by atoms with E-state index in [0.29, 0.717) is 17.8 Å². The molecule has 3 aromatic heterocycles. The van der Waals surface area contributed by atoms with E-state index in [-0.39, 0.29) is 0 Å². The van der Waals surface area contributed by atoms with Crippen LogP contribution in [0.25, 0.3) is 59.2 Å². The number of pyridine rings is 1. The number of rotatable bonds is 5. The molecular weight excluding hydrogens is 518 g/mol. The normalized spacial score (nSPS) is 12.3. The van der Waals surface area contributed by atoms with Gasteiger partial charge in [0.2, 0.25) is 0 Å². The second-order valence-electron chi connectivity index (χ2n) is 12.0. The van der Waals surface area contributed by atoms with E-state index in [9.17, 15) is 0 Å². The summed E-state index contributed by atoms with van der Waals surface area (Å²) in [5, 5.41) is 5.08. The van der Waals surface area contributed by atoms with E-state index in [4.69, 9.17) is 9.97 Å². The molecular formula is C37H35N3S. The van der Waals surface area contributed by atoms with Gasteiger partial charge in [-0.1, -0.05) is 90.1 Å². The van der Waals surface area contributed by atoms with Crippen molar-refractivity contribution in [3.8, 4) is 17.1 Å². The Morgan fingerprint density at radius 3 is 2.20 bits per heavy atom. The second kappa shape index (κ2) is 9.81. The third-order valence-corrected chi connectivity index (χ3v) is 9.44. The highest BCUT2D eigenvalue weighted by atomic mass is 32.1. The molecule has 0 atom stereocenters. The molecule has 0 aliphatic rings. The summed E-state index contributed by atoms with van der Waals surface area (Å²) >= 11 is 1.79. The zero-order valence-electron chi connectivity index (χ0n) is 24.6. The van der Waals surface area contributed by atoms with E-state index in [1.165, 1.54) is 43.1 Å². The summed E-state index contributed by atoms with van der Waals surface area (Å²) < 4.78 is 3.70. The lowest BCUT2D eigenvalue weighted by atomic mass is 9.87. The SMILES string of the molecule is CC(C)c1ccc2c(n1)sc1c(-c3nc4ccccc4n3-c3c(C(C)C)cc4ccccc4c3C(C)C)cccc12. The van der Waals surface area contributed by atoms with E-state index >= 15 is 0 Å². The van der Waals surface area contributed by atoms with Gasteiger partial charge in [-0.05, 0) is 76.1 Å². The zero-order chi connectivity index (χ0) is 28.4. The first-order valence-corrected chi connectivity index (χ1v) is 15.5. The Labute approximate surface area is 245 Å². The Bertz CT molecular complexity index is 2090. The number of hydrogen-bond donors (Lipinski definition) is 0. The molecule has 4 aromatic carbocycles. The highest BCUT2D eigenvalue weighted by Gasteiger charge is 2.25. The van der Waals surface area contributed by atoms with Gasteiger partial charge in [-0.2, -0.15) is 0 Å². The predicted molar refractivity (Wildman–Crippen MR) is 177 cm³/mol. The molecule has 0 aliphatic heterocycles. The van der Waals surface area contributed by atoms with Crippen molar-refractivity contribution in [2.75, 3.05) is 0 Å². The predicted octanol–water partition coefficient (Wildman–Crippen LogP) is 11.0. The molecule has 0 radical (unpaired) electrons.